The van der Waals surface area contributed by atoms with Crippen LogP contribution in [0, 0.1) is 6.92 Å². The number of halogens is 3. The Hall–Kier alpha value is -1.76. The van der Waals surface area contributed by atoms with Crippen LogP contribution in [-0.2, 0) is 4.79 Å². The Morgan fingerprint density at radius 2 is 2.05 bits per heavy atom. The summed E-state index contributed by atoms with van der Waals surface area (Å²) in [6, 6.07) is 5.17. The summed E-state index contributed by atoms with van der Waals surface area (Å²) < 4.78 is 41.1. The topological polar surface area (TPSA) is 50.4 Å². The van der Waals surface area contributed by atoms with Crippen molar-refractivity contribution in [3.05, 3.63) is 29.3 Å². The number of rotatable bonds is 6. The molecule has 1 amide bonds. The summed E-state index contributed by atoms with van der Waals surface area (Å²) in [4.78, 5) is 11.6. The van der Waals surface area contributed by atoms with Gasteiger partial charge in [0.15, 0.2) is 0 Å². The van der Waals surface area contributed by atoms with Crippen LogP contribution in [0.25, 0.3) is 0 Å². The lowest BCUT2D eigenvalue weighted by molar-refractivity contribution is -0.128. The number of aryl methyl sites for hydroxylation is 1. The molecule has 0 bridgehead atoms. The standard InChI is InChI=1S/C14H19F3N2O2/c1-9-4-5-12(21-3)11(6-9)10(2)19-13(20)7-18-8-14(15,16)17/h4-6,10,18H,7-8H2,1-3H3,(H,19,20). The molecule has 0 fully saturated rings. The first-order valence-corrected chi connectivity index (χ1v) is 6.44. The van der Waals surface area contributed by atoms with Crippen molar-refractivity contribution in [2.24, 2.45) is 0 Å². The largest absolute Gasteiger partial charge is 0.496 e. The first-order valence-electron chi connectivity index (χ1n) is 6.44. The number of benzene rings is 1. The van der Waals surface area contributed by atoms with Crippen molar-refractivity contribution >= 4 is 5.91 Å². The third-order valence-corrected chi connectivity index (χ3v) is 2.84. The highest BCUT2D eigenvalue weighted by Crippen LogP contribution is 2.25. The average molecular weight is 304 g/mol. The van der Waals surface area contributed by atoms with Crippen molar-refractivity contribution in [1.82, 2.24) is 10.6 Å². The summed E-state index contributed by atoms with van der Waals surface area (Å²) in [5.41, 5.74) is 1.78. The minimum absolute atomic E-state index is 0.361. The number of ether oxygens (including phenoxy) is 1. The molecule has 7 heteroatoms. The van der Waals surface area contributed by atoms with Gasteiger partial charge < -0.3 is 15.4 Å². The zero-order valence-electron chi connectivity index (χ0n) is 12.2. The lowest BCUT2D eigenvalue weighted by Gasteiger charge is -2.18. The van der Waals surface area contributed by atoms with Gasteiger partial charge in [-0.2, -0.15) is 13.2 Å². The number of carbonyl (C=O) groups is 1. The monoisotopic (exact) mass is 304 g/mol. The third-order valence-electron chi connectivity index (χ3n) is 2.84. The van der Waals surface area contributed by atoms with Gasteiger partial charge in [0.05, 0.1) is 26.2 Å². The van der Waals surface area contributed by atoms with E-state index in [-0.39, 0.29) is 6.04 Å². The molecule has 2 N–H and O–H groups in total. The van der Waals surface area contributed by atoms with Crippen molar-refractivity contribution < 1.29 is 22.7 Å². The number of hydrogen-bond acceptors (Lipinski definition) is 3. The van der Waals surface area contributed by atoms with Gasteiger partial charge in [0.2, 0.25) is 5.91 Å². The van der Waals surface area contributed by atoms with Gasteiger partial charge in [0.1, 0.15) is 5.75 Å². The van der Waals surface area contributed by atoms with Gasteiger partial charge in [0.25, 0.3) is 0 Å². The molecule has 1 rings (SSSR count). The number of methoxy groups -OCH3 is 1. The quantitative estimate of drug-likeness (QED) is 0.848. The normalized spacial score (nSPS) is 12.9. The molecule has 1 unspecified atom stereocenters. The second-order valence-electron chi connectivity index (χ2n) is 4.75. The van der Waals surface area contributed by atoms with E-state index in [0.29, 0.717) is 5.75 Å². The van der Waals surface area contributed by atoms with Gasteiger partial charge >= 0.3 is 6.18 Å². The third kappa shape index (κ3) is 6.03. The molecular formula is C14H19F3N2O2. The summed E-state index contributed by atoms with van der Waals surface area (Å²) in [7, 11) is 1.52. The van der Waals surface area contributed by atoms with Crippen LogP contribution in [0.2, 0.25) is 0 Å². The van der Waals surface area contributed by atoms with Gasteiger partial charge in [-0.1, -0.05) is 17.7 Å². The van der Waals surface area contributed by atoms with E-state index in [9.17, 15) is 18.0 Å². The summed E-state index contributed by atoms with van der Waals surface area (Å²) >= 11 is 0. The smallest absolute Gasteiger partial charge is 0.401 e. The van der Waals surface area contributed by atoms with E-state index in [1.54, 1.807) is 13.0 Å². The molecule has 1 atom stereocenters. The fourth-order valence-corrected chi connectivity index (χ4v) is 1.88. The van der Waals surface area contributed by atoms with Gasteiger partial charge in [-0.25, -0.2) is 0 Å². The predicted octanol–water partition coefficient (Wildman–Crippen LogP) is 2.33. The lowest BCUT2D eigenvalue weighted by atomic mass is 10.0. The van der Waals surface area contributed by atoms with Crippen molar-refractivity contribution in [2.75, 3.05) is 20.2 Å². The molecule has 0 aliphatic rings. The molecule has 0 aliphatic heterocycles. The van der Waals surface area contributed by atoms with Gasteiger partial charge in [-0.3, -0.25) is 4.79 Å². The van der Waals surface area contributed by atoms with E-state index >= 15 is 0 Å². The first kappa shape index (κ1) is 17.3. The van der Waals surface area contributed by atoms with Crippen molar-refractivity contribution in [3.63, 3.8) is 0 Å². The second-order valence-corrected chi connectivity index (χ2v) is 4.75. The maximum absolute atomic E-state index is 12.0. The molecule has 4 nitrogen and oxygen atoms in total. The fourth-order valence-electron chi connectivity index (χ4n) is 1.88. The maximum atomic E-state index is 12.0. The zero-order valence-corrected chi connectivity index (χ0v) is 12.2. The Bertz CT molecular complexity index is 490. The van der Waals surface area contributed by atoms with Gasteiger partial charge in [-0.15, -0.1) is 0 Å². The number of alkyl halides is 3. The van der Waals surface area contributed by atoms with Gasteiger partial charge in [0, 0.05) is 5.56 Å². The Morgan fingerprint density at radius 1 is 1.38 bits per heavy atom. The van der Waals surface area contributed by atoms with E-state index < -0.39 is 25.2 Å². The highest BCUT2D eigenvalue weighted by molar-refractivity contribution is 5.78. The maximum Gasteiger partial charge on any atom is 0.401 e. The molecule has 0 heterocycles. The minimum atomic E-state index is -4.33. The molecular weight excluding hydrogens is 285 g/mol. The van der Waals surface area contributed by atoms with Crippen LogP contribution in [0.15, 0.2) is 18.2 Å². The Kier molecular flexibility index (Phi) is 6.02. The highest BCUT2D eigenvalue weighted by atomic mass is 19.4. The summed E-state index contributed by atoms with van der Waals surface area (Å²) in [5, 5.41) is 4.69. The summed E-state index contributed by atoms with van der Waals surface area (Å²) in [6.45, 7) is 2.07. The van der Waals surface area contributed by atoms with Crippen LogP contribution in [0.1, 0.15) is 24.1 Å². The van der Waals surface area contributed by atoms with E-state index in [4.69, 9.17) is 4.74 Å². The first-order chi connectivity index (χ1) is 9.73. The van der Waals surface area contributed by atoms with E-state index in [0.717, 1.165) is 11.1 Å². The molecule has 21 heavy (non-hydrogen) atoms. The second kappa shape index (κ2) is 7.31. The van der Waals surface area contributed by atoms with Crippen molar-refractivity contribution in [2.45, 2.75) is 26.1 Å². The summed E-state index contributed by atoms with van der Waals surface area (Å²) in [6.07, 6.45) is -4.33. The molecule has 1 aromatic rings. The van der Waals surface area contributed by atoms with Crippen LogP contribution in [0.4, 0.5) is 13.2 Å². The Morgan fingerprint density at radius 3 is 2.62 bits per heavy atom. The molecule has 118 valence electrons. The Balaban J connectivity index is 2.58. The van der Waals surface area contributed by atoms with Crippen LogP contribution >= 0.6 is 0 Å². The molecule has 0 aromatic heterocycles. The molecule has 1 aromatic carbocycles. The zero-order chi connectivity index (χ0) is 16.0. The van der Waals surface area contributed by atoms with E-state index in [1.165, 1.54) is 7.11 Å². The van der Waals surface area contributed by atoms with Crippen LogP contribution < -0.4 is 15.4 Å². The van der Waals surface area contributed by atoms with E-state index in [2.05, 4.69) is 10.6 Å². The van der Waals surface area contributed by atoms with Crippen LogP contribution in [-0.4, -0.2) is 32.3 Å². The SMILES string of the molecule is COc1ccc(C)cc1C(C)NC(=O)CNCC(F)(F)F. The number of nitrogens with one attached hydrogen (secondary N) is 2. The Labute approximate surface area is 121 Å². The molecule has 0 spiro atoms. The van der Waals surface area contributed by atoms with Crippen molar-refractivity contribution in [3.8, 4) is 5.75 Å². The molecule has 0 saturated heterocycles. The predicted molar refractivity (Wildman–Crippen MR) is 73.2 cm³/mol. The average Bonchev–Trinajstić information content (AvgIpc) is 2.37. The lowest BCUT2D eigenvalue weighted by Crippen LogP contribution is -2.39. The number of hydrogen-bond donors (Lipinski definition) is 2. The number of carbonyl (C=O) groups excluding carboxylic acids is 1. The number of amides is 1. The highest BCUT2D eigenvalue weighted by Gasteiger charge is 2.26. The van der Waals surface area contributed by atoms with Crippen molar-refractivity contribution in [1.29, 1.82) is 0 Å². The summed E-state index contributed by atoms with van der Waals surface area (Å²) in [5.74, 6) is 0.118. The molecule has 0 saturated carbocycles. The molecule has 0 radical (unpaired) electrons. The van der Waals surface area contributed by atoms with Crippen LogP contribution in [0.3, 0.4) is 0 Å². The minimum Gasteiger partial charge on any atom is -0.496 e. The van der Waals surface area contributed by atoms with E-state index in [1.807, 2.05) is 19.1 Å². The van der Waals surface area contributed by atoms with Crippen LogP contribution in [0.5, 0.6) is 5.75 Å². The van der Waals surface area contributed by atoms with Gasteiger partial charge in [-0.05, 0) is 19.9 Å². The fraction of sp³-hybridized carbons (Fsp3) is 0.500. The molecule has 0 aliphatic carbocycles.